The quantitative estimate of drug-likeness (QED) is 0.0659. The van der Waals surface area contributed by atoms with Crippen molar-refractivity contribution in [1.82, 2.24) is 4.90 Å². The molecule has 2 amide bonds. The van der Waals surface area contributed by atoms with Gasteiger partial charge < -0.3 is 14.3 Å². The van der Waals surface area contributed by atoms with Gasteiger partial charge in [-0.25, -0.2) is 9.69 Å². The fourth-order valence-electron chi connectivity index (χ4n) is 6.50. The van der Waals surface area contributed by atoms with Gasteiger partial charge >= 0.3 is 6.09 Å². The number of carbonyl (C=O) groups is 3. The Bertz CT molecular complexity index is 1630. The van der Waals surface area contributed by atoms with Crippen LogP contribution in [0, 0.1) is 12.8 Å². The summed E-state index contributed by atoms with van der Waals surface area (Å²) in [5.74, 6) is -1.30. The highest BCUT2D eigenvalue weighted by molar-refractivity contribution is 6.12. The molecular formula is C41H47NO6. The van der Waals surface area contributed by atoms with Crippen LogP contribution in [0.2, 0.25) is 0 Å². The third kappa shape index (κ3) is 9.32. The lowest BCUT2D eigenvalue weighted by Crippen LogP contribution is -2.46. The van der Waals surface area contributed by atoms with E-state index in [1.54, 1.807) is 6.07 Å². The van der Waals surface area contributed by atoms with Gasteiger partial charge in [0.2, 0.25) is 11.7 Å². The van der Waals surface area contributed by atoms with Crippen LogP contribution in [0.5, 0.6) is 0 Å². The highest BCUT2D eigenvalue weighted by Gasteiger charge is 2.44. The number of rotatable bonds is 18. The number of benzene rings is 3. The van der Waals surface area contributed by atoms with Crippen LogP contribution in [-0.2, 0) is 28.8 Å². The number of nitrogens with zero attached hydrogens (tertiary/aromatic N) is 1. The van der Waals surface area contributed by atoms with E-state index in [0.717, 1.165) is 83.4 Å². The van der Waals surface area contributed by atoms with Gasteiger partial charge in [0.05, 0.1) is 6.04 Å². The number of imide groups is 1. The molecule has 7 nitrogen and oxygen atoms in total. The molecule has 48 heavy (non-hydrogen) atoms. The van der Waals surface area contributed by atoms with Gasteiger partial charge in [-0.05, 0) is 55.4 Å². The number of ether oxygens (including phenoxy) is 1. The molecule has 1 aliphatic rings. The second kappa shape index (κ2) is 17.6. The summed E-state index contributed by atoms with van der Waals surface area (Å²) >= 11 is 0. The smallest absolute Gasteiger partial charge is 0.417 e. The molecular weight excluding hydrogens is 602 g/mol. The van der Waals surface area contributed by atoms with E-state index >= 15 is 0 Å². The van der Waals surface area contributed by atoms with Crippen LogP contribution in [0.4, 0.5) is 4.79 Å². The van der Waals surface area contributed by atoms with Gasteiger partial charge in [0.25, 0.3) is 0 Å². The zero-order chi connectivity index (χ0) is 33.7. The van der Waals surface area contributed by atoms with Gasteiger partial charge in [0.1, 0.15) is 18.3 Å². The Hall–Kier alpha value is -4.49. The third-order valence-corrected chi connectivity index (χ3v) is 9.10. The van der Waals surface area contributed by atoms with Crippen LogP contribution in [0.1, 0.15) is 84.4 Å². The zero-order valence-corrected chi connectivity index (χ0v) is 27.9. The number of amides is 2. The van der Waals surface area contributed by atoms with Crippen LogP contribution in [-0.4, -0.2) is 47.0 Å². The largest absolute Gasteiger partial charge is 0.457 e. The molecule has 5 rings (SSSR count). The number of ketones is 1. The van der Waals surface area contributed by atoms with Crippen LogP contribution in [0.15, 0.2) is 95.4 Å². The number of aryl methyl sites for hydroxylation is 2. The average molecular weight is 650 g/mol. The molecule has 0 aliphatic carbocycles. The molecule has 1 aliphatic heterocycles. The molecule has 1 aromatic heterocycles. The zero-order valence-electron chi connectivity index (χ0n) is 27.9. The van der Waals surface area contributed by atoms with Crippen molar-refractivity contribution in [3.63, 3.8) is 0 Å². The summed E-state index contributed by atoms with van der Waals surface area (Å²) in [5, 5.41) is 8.98. The number of aliphatic hydroxyl groups excluding tert-OH is 1. The second-order valence-electron chi connectivity index (χ2n) is 12.9. The van der Waals surface area contributed by atoms with E-state index in [4.69, 9.17) is 14.3 Å². The fourth-order valence-corrected chi connectivity index (χ4v) is 6.50. The van der Waals surface area contributed by atoms with E-state index in [2.05, 4.69) is 6.07 Å². The predicted molar refractivity (Wildman–Crippen MR) is 187 cm³/mol. The highest BCUT2D eigenvalue weighted by Crippen LogP contribution is 2.32. The first kappa shape index (κ1) is 34.8. The minimum atomic E-state index is -1.16. The van der Waals surface area contributed by atoms with Crippen molar-refractivity contribution in [3.8, 4) is 11.1 Å². The number of cyclic esters (lactones) is 1. The molecule has 0 unspecified atom stereocenters. The van der Waals surface area contributed by atoms with Gasteiger partial charge in [-0.2, -0.15) is 0 Å². The highest BCUT2D eigenvalue weighted by atomic mass is 16.6. The van der Waals surface area contributed by atoms with Crippen molar-refractivity contribution in [2.75, 3.05) is 13.2 Å². The van der Waals surface area contributed by atoms with Gasteiger partial charge in [-0.3, -0.25) is 9.59 Å². The molecule has 0 saturated carbocycles. The average Bonchev–Trinajstić information content (AvgIpc) is 3.70. The Morgan fingerprint density at radius 2 is 1.46 bits per heavy atom. The first-order valence-corrected chi connectivity index (χ1v) is 17.4. The van der Waals surface area contributed by atoms with Crippen molar-refractivity contribution in [1.29, 1.82) is 0 Å². The molecule has 0 spiro atoms. The van der Waals surface area contributed by atoms with Gasteiger partial charge in [0.15, 0.2) is 5.76 Å². The summed E-state index contributed by atoms with van der Waals surface area (Å²) in [7, 11) is 0. The van der Waals surface area contributed by atoms with E-state index in [9.17, 15) is 14.4 Å². The molecule has 2 atom stereocenters. The molecule has 2 heterocycles. The molecule has 7 heteroatoms. The summed E-state index contributed by atoms with van der Waals surface area (Å²) in [6, 6.07) is 28.5. The Balaban J connectivity index is 1.38. The summed E-state index contributed by atoms with van der Waals surface area (Å²) in [6.45, 7) is 2.37. The van der Waals surface area contributed by atoms with Crippen molar-refractivity contribution >= 4 is 17.8 Å². The maximum Gasteiger partial charge on any atom is 0.417 e. The van der Waals surface area contributed by atoms with E-state index in [1.807, 2.05) is 85.8 Å². The summed E-state index contributed by atoms with van der Waals surface area (Å²) < 4.78 is 11.7. The SMILES string of the molecule is Cc1cccc(-c2cc(C(=O)[C@H](Cc3ccccc3)C(=O)N3C(=O)OC[C@@H]3Cc3ccccc3)oc2CCCCCCCCCCO)c1. The predicted octanol–water partition coefficient (Wildman–Crippen LogP) is 8.54. The lowest BCUT2D eigenvalue weighted by atomic mass is 9.91. The Morgan fingerprint density at radius 1 is 0.812 bits per heavy atom. The minimum absolute atomic E-state index is 0.0801. The van der Waals surface area contributed by atoms with E-state index < -0.39 is 29.7 Å². The first-order valence-electron chi connectivity index (χ1n) is 17.4. The van der Waals surface area contributed by atoms with E-state index in [-0.39, 0.29) is 25.4 Å². The molecule has 1 fully saturated rings. The maximum absolute atomic E-state index is 14.4. The normalized spacial score (nSPS) is 15.0. The number of hydrogen-bond acceptors (Lipinski definition) is 6. The Kier molecular flexibility index (Phi) is 12.8. The van der Waals surface area contributed by atoms with Crippen LogP contribution in [0.25, 0.3) is 11.1 Å². The third-order valence-electron chi connectivity index (χ3n) is 9.10. The second-order valence-corrected chi connectivity index (χ2v) is 12.9. The Morgan fingerprint density at radius 3 is 2.12 bits per heavy atom. The van der Waals surface area contributed by atoms with E-state index in [1.165, 1.54) is 6.42 Å². The van der Waals surface area contributed by atoms with Crippen molar-refractivity contribution in [3.05, 3.63) is 119 Å². The molecule has 1 saturated heterocycles. The van der Waals surface area contributed by atoms with Gasteiger partial charge in [0, 0.05) is 18.6 Å². The van der Waals surface area contributed by atoms with Gasteiger partial charge in [-0.1, -0.05) is 129 Å². The topological polar surface area (TPSA) is 97.1 Å². The Labute approximate surface area is 283 Å². The standard InChI is InChI=1S/C41H47NO6/c1-30-17-16-22-33(25-30)35-28-38(48-37(35)23-14-6-4-2-3-5-7-15-24-43)39(44)36(27-32-20-12-9-13-21-32)40(45)42-34(29-47-41(42)46)26-31-18-10-8-11-19-31/h8-13,16-22,25,28,34,36,43H,2-7,14-15,23-24,26-27,29H2,1H3/t34-,36-/m0/s1. The first-order chi connectivity index (χ1) is 23.4. The molecule has 1 N–H and O–H groups in total. The number of carbonyl (C=O) groups excluding carboxylic acids is 3. The summed E-state index contributed by atoms with van der Waals surface area (Å²) in [4.78, 5) is 42.8. The summed E-state index contributed by atoms with van der Waals surface area (Å²) in [6.07, 6.45) is 9.03. The van der Waals surface area contributed by atoms with Crippen LogP contribution < -0.4 is 0 Å². The number of Topliss-reactive ketones (excluding diaryl/α,β-unsaturated/α-hetero) is 1. The molecule has 0 radical (unpaired) electrons. The summed E-state index contributed by atoms with van der Waals surface area (Å²) in [5.41, 5.74) is 4.72. The van der Waals surface area contributed by atoms with E-state index in [0.29, 0.717) is 12.8 Å². The lowest BCUT2D eigenvalue weighted by Gasteiger charge is -2.24. The molecule has 4 aromatic rings. The number of aliphatic hydroxyl groups is 1. The number of unbranched alkanes of at least 4 members (excludes halogenated alkanes) is 7. The fraction of sp³-hybridized carbons (Fsp3) is 0.390. The van der Waals surface area contributed by atoms with Crippen molar-refractivity contribution in [2.45, 2.75) is 83.6 Å². The molecule has 0 bridgehead atoms. The van der Waals surface area contributed by atoms with Crippen LogP contribution >= 0.6 is 0 Å². The van der Waals surface area contributed by atoms with Crippen LogP contribution in [0.3, 0.4) is 0 Å². The molecule has 252 valence electrons. The van der Waals surface area contributed by atoms with Gasteiger partial charge in [-0.15, -0.1) is 0 Å². The van der Waals surface area contributed by atoms with Crippen molar-refractivity contribution in [2.24, 2.45) is 5.92 Å². The molecule has 3 aromatic carbocycles. The maximum atomic E-state index is 14.4. The minimum Gasteiger partial charge on any atom is -0.457 e. The number of furan rings is 1. The monoisotopic (exact) mass is 649 g/mol. The lowest BCUT2D eigenvalue weighted by molar-refractivity contribution is -0.131. The number of hydrogen-bond donors (Lipinski definition) is 1. The van der Waals surface area contributed by atoms with Crippen molar-refractivity contribution < 1.29 is 28.6 Å².